The molecule has 1 aliphatic heterocycles. The van der Waals surface area contributed by atoms with E-state index in [1.807, 2.05) is 11.8 Å². The minimum Gasteiger partial charge on any atom is -0.508 e. The maximum Gasteiger partial charge on any atom is 0.325 e. The van der Waals surface area contributed by atoms with Gasteiger partial charge in [0.05, 0.1) is 0 Å². The molecule has 4 nitrogen and oxygen atoms in total. The second-order valence-corrected chi connectivity index (χ2v) is 4.55. The largest absolute Gasteiger partial charge is 0.508 e. The Morgan fingerprint density at radius 2 is 2.00 bits per heavy atom. The van der Waals surface area contributed by atoms with Crippen LogP contribution >= 0.6 is 0 Å². The van der Waals surface area contributed by atoms with E-state index in [-0.39, 0.29) is 5.75 Å². The van der Waals surface area contributed by atoms with Crippen molar-refractivity contribution in [1.29, 1.82) is 0 Å². The first-order valence-electron chi connectivity index (χ1n) is 5.86. The number of aromatic hydroxyl groups is 1. The maximum absolute atomic E-state index is 11.4. The smallest absolute Gasteiger partial charge is 0.325 e. The molecule has 1 atom stereocenters. The number of hydrogen-bond acceptors (Lipinski definition) is 3. The molecule has 0 radical (unpaired) electrons. The SMILES string of the molecule is Cc1ccc(O)c(C(C(=O)O)N2CCCC2)c1. The van der Waals surface area contributed by atoms with E-state index in [4.69, 9.17) is 0 Å². The summed E-state index contributed by atoms with van der Waals surface area (Å²) in [5.74, 6) is -0.831. The zero-order chi connectivity index (χ0) is 12.4. The fourth-order valence-electron chi connectivity index (χ4n) is 2.38. The molecule has 17 heavy (non-hydrogen) atoms. The van der Waals surface area contributed by atoms with Crippen molar-refractivity contribution in [2.45, 2.75) is 25.8 Å². The number of rotatable bonds is 3. The van der Waals surface area contributed by atoms with Gasteiger partial charge < -0.3 is 10.2 Å². The van der Waals surface area contributed by atoms with Crippen LogP contribution in [0.25, 0.3) is 0 Å². The van der Waals surface area contributed by atoms with E-state index >= 15 is 0 Å². The van der Waals surface area contributed by atoms with Crippen LogP contribution in [0.5, 0.6) is 5.75 Å². The molecule has 0 aliphatic carbocycles. The Morgan fingerprint density at radius 1 is 1.35 bits per heavy atom. The Hall–Kier alpha value is -1.55. The van der Waals surface area contributed by atoms with Crippen molar-refractivity contribution in [2.75, 3.05) is 13.1 Å². The highest BCUT2D eigenvalue weighted by molar-refractivity contribution is 5.76. The van der Waals surface area contributed by atoms with Gasteiger partial charge in [-0.3, -0.25) is 9.69 Å². The van der Waals surface area contributed by atoms with Gasteiger partial charge in [0.2, 0.25) is 0 Å². The Balaban J connectivity index is 2.37. The summed E-state index contributed by atoms with van der Waals surface area (Å²) in [6, 6.07) is 4.38. The van der Waals surface area contributed by atoms with Crippen LogP contribution in [-0.4, -0.2) is 34.2 Å². The molecule has 1 aromatic rings. The molecule has 0 saturated carbocycles. The van der Waals surface area contributed by atoms with Gasteiger partial charge in [-0.2, -0.15) is 0 Å². The van der Waals surface area contributed by atoms with Gasteiger partial charge in [-0.15, -0.1) is 0 Å². The van der Waals surface area contributed by atoms with E-state index in [9.17, 15) is 15.0 Å². The lowest BCUT2D eigenvalue weighted by Gasteiger charge is -2.24. The number of hydrogen-bond donors (Lipinski definition) is 2. The quantitative estimate of drug-likeness (QED) is 0.840. The molecule has 0 bridgehead atoms. The molecule has 4 heteroatoms. The average molecular weight is 235 g/mol. The molecule has 0 spiro atoms. The van der Waals surface area contributed by atoms with Gasteiger partial charge in [0.25, 0.3) is 0 Å². The summed E-state index contributed by atoms with van der Waals surface area (Å²) in [6.45, 7) is 3.46. The van der Waals surface area contributed by atoms with Gasteiger partial charge in [0.15, 0.2) is 0 Å². The number of nitrogens with zero attached hydrogens (tertiary/aromatic N) is 1. The molecule has 2 rings (SSSR count). The molecular weight excluding hydrogens is 218 g/mol. The molecule has 1 unspecified atom stereocenters. The summed E-state index contributed by atoms with van der Waals surface area (Å²) in [4.78, 5) is 13.3. The highest BCUT2D eigenvalue weighted by Gasteiger charge is 2.31. The molecule has 1 aliphatic rings. The number of benzene rings is 1. The topological polar surface area (TPSA) is 60.8 Å². The van der Waals surface area contributed by atoms with Gasteiger partial charge in [-0.1, -0.05) is 17.7 Å². The van der Waals surface area contributed by atoms with Crippen LogP contribution in [0.2, 0.25) is 0 Å². The third kappa shape index (κ3) is 2.42. The number of phenols is 1. The summed E-state index contributed by atoms with van der Waals surface area (Å²) in [5, 5.41) is 19.2. The maximum atomic E-state index is 11.4. The minimum atomic E-state index is -0.896. The van der Waals surface area contributed by atoms with Crippen LogP contribution in [0.4, 0.5) is 0 Å². The van der Waals surface area contributed by atoms with Gasteiger partial charge in [-0.05, 0) is 38.9 Å². The molecule has 1 aromatic carbocycles. The number of carbonyl (C=O) groups is 1. The molecule has 1 saturated heterocycles. The summed E-state index contributed by atoms with van der Waals surface area (Å²) in [7, 11) is 0. The fraction of sp³-hybridized carbons (Fsp3) is 0.462. The van der Waals surface area contributed by atoms with E-state index in [0.717, 1.165) is 31.5 Å². The first-order chi connectivity index (χ1) is 8.09. The van der Waals surface area contributed by atoms with Gasteiger partial charge in [0, 0.05) is 5.56 Å². The zero-order valence-electron chi connectivity index (χ0n) is 9.89. The highest BCUT2D eigenvalue weighted by atomic mass is 16.4. The lowest BCUT2D eigenvalue weighted by atomic mass is 10.0. The van der Waals surface area contributed by atoms with Gasteiger partial charge in [0.1, 0.15) is 11.8 Å². The Morgan fingerprint density at radius 3 is 2.59 bits per heavy atom. The lowest BCUT2D eigenvalue weighted by molar-refractivity contribution is -0.143. The van der Waals surface area contributed by atoms with Crippen molar-refractivity contribution in [1.82, 2.24) is 4.90 Å². The number of aryl methyl sites for hydroxylation is 1. The van der Waals surface area contributed by atoms with E-state index in [1.165, 1.54) is 0 Å². The predicted molar refractivity (Wildman–Crippen MR) is 64.0 cm³/mol. The summed E-state index contributed by atoms with van der Waals surface area (Å²) >= 11 is 0. The lowest BCUT2D eigenvalue weighted by Crippen LogP contribution is -2.31. The van der Waals surface area contributed by atoms with Crippen molar-refractivity contribution >= 4 is 5.97 Å². The number of phenolic OH excluding ortho intramolecular Hbond substituents is 1. The fourth-order valence-corrected chi connectivity index (χ4v) is 2.38. The van der Waals surface area contributed by atoms with Crippen molar-refractivity contribution in [2.24, 2.45) is 0 Å². The molecule has 2 N–H and O–H groups in total. The molecule has 0 aromatic heterocycles. The molecule has 0 amide bonds. The molecule has 92 valence electrons. The third-order valence-corrected chi connectivity index (χ3v) is 3.22. The monoisotopic (exact) mass is 235 g/mol. The van der Waals surface area contributed by atoms with Gasteiger partial charge >= 0.3 is 5.97 Å². The first-order valence-corrected chi connectivity index (χ1v) is 5.86. The number of carboxylic acid groups (broad SMARTS) is 1. The van der Waals surface area contributed by atoms with Crippen molar-refractivity contribution < 1.29 is 15.0 Å². The predicted octanol–water partition coefficient (Wildman–Crippen LogP) is 1.92. The molecular formula is C13H17NO3. The van der Waals surface area contributed by atoms with Crippen molar-refractivity contribution in [3.63, 3.8) is 0 Å². The van der Waals surface area contributed by atoms with Crippen LogP contribution in [0.3, 0.4) is 0 Å². The highest BCUT2D eigenvalue weighted by Crippen LogP contribution is 2.31. The van der Waals surface area contributed by atoms with Crippen molar-refractivity contribution in [3.05, 3.63) is 29.3 Å². The second kappa shape index (κ2) is 4.75. The normalized spacial score (nSPS) is 18.2. The summed E-state index contributed by atoms with van der Waals surface area (Å²) in [6.07, 6.45) is 2.05. The number of aliphatic carboxylic acids is 1. The molecule has 1 heterocycles. The Labute approximate surface area is 100 Å². The summed E-state index contributed by atoms with van der Waals surface area (Å²) in [5.41, 5.74) is 1.46. The van der Waals surface area contributed by atoms with Gasteiger partial charge in [-0.25, -0.2) is 0 Å². The minimum absolute atomic E-state index is 0.0647. The zero-order valence-corrected chi connectivity index (χ0v) is 9.89. The third-order valence-electron chi connectivity index (χ3n) is 3.22. The average Bonchev–Trinajstić information content (AvgIpc) is 2.76. The van der Waals surface area contributed by atoms with Crippen LogP contribution in [0, 0.1) is 6.92 Å². The Bertz CT molecular complexity index is 425. The van der Waals surface area contributed by atoms with E-state index in [2.05, 4.69) is 0 Å². The van der Waals surface area contributed by atoms with E-state index in [0.29, 0.717) is 5.56 Å². The van der Waals surface area contributed by atoms with Crippen LogP contribution < -0.4 is 0 Å². The number of likely N-dealkylation sites (tertiary alicyclic amines) is 1. The van der Waals surface area contributed by atoms with Crippen molar-refractivity contribution in [3.8, 4) is 5.75 Å². The van der Waals surface area contributed by atoms with E-state index < -0.39 is 12.0 Å². The second-order valence-electron chi connectivity index (χ2n) is 4.55. The molecule has 1 fully saturated rings. The standard InChI is InChI=1S/C13H17NO3/c1-9-4-5-11(15)10(8-9)12(13(16)17)14-6-2-3-7-14/h4-5,8,12,15H,2-3,6-7H2,1H3,(H,16,17). The first kappa shape index (κ1) is 11.9. The summed E-state index contributed by atoms with van der Waals surface area (Å²) < 4.78 is 0. The van der Waals surface area contributed by atoms with E-state index in [1.54, 1.807) is 18.2 Å². The number of carboxylic acids is 1. The van der Waals surface area contributed by atoms with Crippen LogP contribution in [0.15, 0.2) is 18.2 Å². The Kier molecular flexibility index (Phi) is 3.33. The van der Waals surface area contributed by atoms with Crippen LogP contribution in [-0.2, 0) is 4.79 Å². The van der Waals surface area contributed by atoms with Crippen LogP contribution in [0.1, 0.15) is 30.0 Å².